The molecule has 1 fully saturated rings. The molecule has 3 rings (SSSR count). The first-order chi connectivity index (χ1) is 8.34. The molecule has 4 heteroatoms. The number of aromatic amines is 1. The van der Waals surface area contributed by atoms with Crippen LogP contribution in [0, 0.1) is 0 Å². The lowest BCUT2D eigenvalue weighted by atomic mass is 10.2. The summed E-state index contributed by atoms with van der Waals surface area (Å²) < 4.78 is 0. The van der Waals surface area contributed by atoms with E-state index in [0.29, 0.717) is 6.04 Å². The molecule has 1 aromatic carbocycles. The molecule has 0 spiro atoms. The highest BCUT2D eigenvalue weighted by atomic mass is 35.5. The van der Waals surface area contributed by atoms with Crippen LogP contribution in [0.3, 0.4) is 0 Å². The van der Waals surface area contributed by atoms with Gasteiger partial charge in [0, 0.05) is 34.9 Å². The maximum atomic E-state index is 6.37. The Morgan fingerprint density at radius 2 is 2.29 bits per heavy atom. The molecule has 1 unspecified atom stereocenters. The first-order valence-electron chi connectivity index (χ1n) is 5.91. The molecule has 2 aromatic rings. The van der Waals surface area contributed by atoms with Crippen LogP contribution in [0.2, 0.25) is 5.02 Å². The predicted octanol–water partition coefficient (Wildman–Crippen LogP) is 3.42. The highest BCUT2D eigenvalue weighted by Gasteiger charge is 2.16. The Hall–Kier alpha value is -0.640. The van der Waals surface area contributed by atoms with Crippen LogP contribution in [-0.2, 0) is 6.54 Å². The molecule has 1 saturated heterocycles. The lowest BCUT2D eigenvalue weighted by molar-refractivity contribution is 0.553. The molecule has 1 aliphatic heterocycles. The Balaban J connectivity index is 1.78. The maximum Gasteiger partial charge on any atom is 0.0705 e. The van der Waals surface area contributed by atoms with Gasteiger partial charge in [-0.15, -0.1) is 0 Å². The van der Waals surface area contributed by atoms with Crippen molar-refractivity contribution in [1.29, 1.82) is 0 Å². The number of hydrogen-bond acceptors (Lipinski definition) is 2. The van der Waals surface area contributed by atoms with E-state index >= 15 is 0 Å². The molecule has 0 radical (unpaired) electrons. The molecule has 2 heterocycles. The molecule has 2 nitrogen and oxygen atoms in total. The van der Waals surface area contributed by atoms with Crippen molar-refractivity contribution >= 4 is 34.3 Å². The number of benzene rings is 1. The van der Waals surface area contributed by atoms with Gasteiger partial charge in [0.15, 0.2) is 0 Å². The van der Waals surface area contributed by atoms with Gasteiger partial charge in [0.25, 0.3) is 0 Å². The van der Waals surface area contributed by atoms with E-state index in [1.807, 2.05) is 23.9 Å². The van der Waals surface area contributed by atoms with E-state index in [9.17, 15) is 0 Å². The van der Waals surface area contributed by atoms with Gasteiger partial charge < -0.3 is 10.3 Å². The van der Waals surface area contributed by atoms with Gasteiger partial charge in [-0.05, 0) is 18.2 Å². The quantitative estimate of drug-likeness (QED) is 0.891. The molecule has 1 atom stereocenters. The predicted molar refractivity (Wildman–Crippen MR) is 75.9 cm³/mol. The number of rotatable bonds is 3. The maximum absolute atomic E-state index is 6.37. The third-order valence-corrected chi connectivity index (χ3v) is 4.81. The third-order valence-electron chi connectivity index (χ3n) is 3.21. The van der Waals surface area contributed by atoms with Crippen LogP contribution in [0.1, 0.15) is 12.1 Å². The smallest absolute Gasteiger partial charge is 0.0705 e. The van der Waals surface area contributed by atoms with Crippen molar-refractivity contribution in [3.05, 3.63) is 35.0 Å². The molecule has 1 aliphatic rings. The minimum absolute atomic E-state index is 0.641. The van der Waals surface area contributed by atoms with E-state index in [4.69, 9.17) is 11.6 Å². The fourth-order valence-electron chi connectivity index (χ4n) is 2.23. The van der Waals surface area contributed by atoms with Crippen LogP contribution in [0.4, 0.5) is 0 Å². The van der Waals surface area contributed by atoms with Gasteiger partial charge in [-0.3, -0.25) is 0 Å². The average molecular weight is 267 g/mol. The van der Waals surface area contributed by atoms with Gasteiger partial charge in [-0.25, -0.2) is 0 Å². The minimum Gasteiger partial charge on any atom is -0.356 e. The van der Waals surface area contributed by atoms with Crippen LogP contribution in [0.5, 0.6) is 0 Å². The summed E-state index contributed by atoms with van der Waals surface area (Å²) in [4.78, 5) is 3.39. The van der Waals surface area contributed by atoms with Crippen molar-refractivity contribution < 1.29 is 0 Å². The molecule has 1 aromatic heterocycles. The minimum atomic E-state index is 0.641. The molecular weight excluding hydrogens is 252 g/mol. The number of fused-ring (bicyclic) bond motifs is 1. The Morgan fingerprint density at radius 1 is 1.41 bits per heavy atom. The second-order valence-corrected chi connectivity index (χ2v) is 5.93. The van der Waals surface area contributed by atoms with Crippen LogP contribution in [0.15, 0.2) is 24.3 Å². The Morgan fingerprint density at radius 3 is 3.06 bits per heavy atom. The summed E-state index contributed by atoms with van der Waals surface area (Å²) in [5.41, 5.74) is 2.22. The van der Waals surface area contributed by atoms with Gasteiger partial charge in [-0.1, -0.05) is 29.8 Å². The van der Waals surface area contributed by atoms with E-state index in [2.05, 4.69) is 22.4 Å². The molecule has 0 aliphatic carbocycles. The van der Waals surface area contributed by atoms with Crippen molar-refractivity contribution in [1.82, 2.24) is 10.3 Å². The van der Waals surface area contributed by atoms with E-state index in [0.717, 1.165) is 28.2 Å². The molecule has 90 valence electrons. The second-order valence-electron chi connectivity index (χ2n) is 4.40. The van der Waals surface area contributed by atoms with Crippen molar-refractivity contribution in [2.45, 2.75) is 19.0 Å². The van der Waals surface area contributed by atoms with E-state index in [-0.39, 0.29) is 0 Å². The first-order valence-corrected chi connectivity index (χ1v) is 7.44. The zero-order valence-corrected chi connectivity index (χ0v) is 11.1. The normalized spacial score (nSPS) is 20.2. The lowest BCUT2D eigenvalue weighted by Gasteiger charge is -2.09. The first kappa shape index (κ1) is 11.5. The van der Waals surface area contributed by atoms with E-state index in [1.54, 1.807) is 0 Å². The molecular formula is C13H15ClN2S. The molecule has 2 N–H and O–H groups in total. The zero-order chi connectivity index (χ0) is 11.7. The van der Waals surface area contributed by atoms with Gasteiger partial charge in [0.2, 0.25) is 0 Å². The highest BCUT2D eigenvalue weighted by molar-refractivity contribution is 7.99. The van der Waals surface area contributed by atoms with Gasteiger partial charge in [-0.2, -0.15) is 11.8 Å². The number of thioether (sulfide) groups is 1. The summed E-state index contributed by atoms with van der Waals surface area (Å²) in [6.07, 6.45) is 1.27. The molecule has 17 heavy (non-hydrogen) atoms. The Bertz CT molecular complexity index is 517. The summed E-state index contributed by atoms with van der Waals surface area (Å²) in [5, 5.41) is 5.54. The lowest BCUT2D eigenvalue weighted by Crippen LogP contribution is -2.28. The van der Waals surface area contributed by atoms with Gasteiger partial charge >= 0.3 is 0 Å². The fraction of sp³-hybridized carbons (Fsp3) is 0.385. The zero-order valence-electron chi connectivity index (χ0n) is 9.50. The second kappa shape index (κ2) is 4.92. The average Bonchev–Trinajstić information content (AvgIpc) is 2.96. The summed E-state index contributed by atoms with van der Waals surface area (Å²) in [7, 11) is 0. The highest BCUT2D eigenvalue weighted by Crippen LogP contribution is 2.27. The fourth-order valence-corrected chi connectivity index (χ4v) is 3.69. The number of halogens is 1. The van der Waals surface area contributed by atoms with Gasteiger partial charge in [0.05, 0.1) is 5.02 Å². The third kappa shape index (κ3) is 2.32. The van der Waals surface area contributed by atoms with Crippen LogP contribution < -0.4 is 5.32 Å². The van der Waals surface area contributed by atoms with E-state index < -0.39 is 0 Å². The van der Waals surface area contributed by atoms with Crippen molar-refractivity contribution in [3.8, 4) is 0 Å². The number of hydrogen-bond donors (Lipinski definition) is 2. The van der Waals surface area contributed by atoms with Crippen molar-refractivity contribution in [3.63, 3.8) is 0 Å². The Labute approximate surface area is 110 Å². The molecule has 0 bridgehead atoms. The molecule has 0 saturated carbocycles. The number of nitrogens with one attached hydrogen (secondary N) is 2. The monoisotopic (exact) mass is 266 g/mol. The number of aromatic nitrogens is 1. The number of para-hydroxylation sites is 1. The van der Waals surface area contributed by atoms with Crippen LogP contribution in [-0.4, -0.2) is 22.5 Å². The Kier molecular flexibility index (Phi) is 3.32. The summed E-state index contributed by atoms with van der Waals surface area (Å²) in [6.45, 7) is 0.832. The summed E-state index contributed by atoms with van der Waals surface area (Å²) >= 11 is 8.39. The van der Waals surface area contributed by atoms with Crippen LogP contribution >= 0.6 is 23.4 Å². The van der Waals surface area contributed by atoms with Crippen LogP contribution in [0.25, 0.3) is 10.9 Å². The largest absolute Gasteiger partial charge is 0.356 e. The number of H-pyrrole nitrogens is 1. The van der Waals surface area contributed by atoms with E-state index in [1.165, 1.54) is 17.9 Å². The van der Waals surface area contributed by atoms with Crippen molar-refractivity contribution in [2.75, 3.05) is 11.5 Å². The topological polar surface area (TPSA) is 27.8 Å². The van der Waals surface area contributed by atoms with Crippen molar-refractivity contribution in [2.24, 2.45) is 0 Å². The summed E-state index contributed by atoms with van der Waals surface area (Å²) in [6, 6.07) is 8.81. The standard InChI is InChI=1S/C13H15ClN2S/c14-13-10-3-1-2-4-11(10)16-12(13)7-15-9-5-6-17-8-9/h1-4,9,15-16H,5-8H2. The molecule has 0 amide bonds. The summed E-state index contributed by atoms with van der Waals surface area (Å²) in [5.74, 6) is 2.50. The van der Waals surface area contributed by atoms with Gasteiger partial charge in [0.1, 0.15) is 0 Å². The SMILES string of the molecule is Clc1c(CNC2CCSC2)[nH]c2ccccc12.